The Morgan fingerprint density at radius 3 is 1.97 bits per heavy atom. The van der Waals surface area contributed by atoms with Crippen LogP contribution in [0.1, 0.15) is 69.2 Å². The molecule has 0 saturated carbocycles. The second-order valence-corrected chi connectivity index (χ2v) is 8.45. The Bertz CT molecular complexity index is 893. The zero-order valence-electron chi connectivity index (χ0n) is 20.1. The van der Waals surface area contributed by atoms with E-state index in [0.29, 0.717) is 6.04 Å². The molecule has 2 aliphatic heterocycles. The lowest BCUT2D eigenvalue weighted by molar-refractivity contribution is -0.137. The van der Waals surface area contributed by atoms with E-state index in [1.165, 1.54) is 11.6 Å². The molecule has 2 nitrogen and oxygen atoms in total. The first-order valence-electron chi connectivity index (χ1n) is 11.7. The van der Waals surface area contributed by atoms with E-state index < -0.39 is 18.2 Å². The molecule has 0 N–H and O–H groups in total. The molecule has 0 bridgehead atoms. The number of anilines is 2. The van der Waals surface area contributed by atoms with Gasteiger partial charge in [0.15, 0.2) is 0 Å². The smallest absolute Gasteiger partial charge is 0.374 e. The van der Waals surface area contributed by atoms with Gasteiger partial charge in [-0.15, -0.1) is 0 Å². The molecule has 2 aromatic carbocycles. The summed E-state index contributed by atoms with van der Waals surface area (Å²) in [5, 5.41) is 0. The maximum absolute atomic E-state index is 12.6. The Labute approximate surface area is 194 Å². The quantitative estimate of drug-likeness (QED) is 0.412. The van der Waals surface area contributed by atoms with Gasteiger partial charge in [0.05, 0.1) is 5.56 Å². The van der Waals surface area contributed by atoms with Crippen LogP contribution in [0.5, 0.6) is 0 Å². The molecule has 184 valence electrons. The van der Waals surface area contributed by atoms with Gasteiger partial charge in [-0.3, -0.25) is 0 Å². The number of nitrogens with zero attached hydrogens (tertiary/aromatic N) is 2. The van der Waals surface area contributed by atoms with E-state index in [9.17, 15) is 22.0 Å². The summed E-state index contributed by atoms with van der Waals surface area (Å²) in [7, 11) is 1.83. The molecule has 33 heavy (non-hydrogen) atoms. The highest BCUT2D eigenvalue weighted by Crippen LogP contribution is 2.35. The molecule has 4 rings (SSSR count). The second-order valence-electron chi connectivity index (χ2n) is 8.45. The van der Waals surface area contributed by atoms with Gasteiger partial charge in [0, 0.05) is 43.1 Å². The summed E-state index contributed by atoms with van der Waals surface area (Å²) in [5.74, 6) is 0. The Hall–Kier alpha value is -2.31. The third-order valence-electron chi connectivity index (χ3n) is 5.90. The zero-order valence-corrected chi connectivity index (χ0v) is 20.1. The summed E-state index contributed by atoms with van der Waals surface area (Å²) in [4.78, 5) is 4.10. The Morgan fingerprint density at radius 1 is 0.818 bits per heavy atom. The van der Waals surface area contributed by atoms with Crippen LogP contribution in [0.3, 0.4) is 0 Å². The lowest BCUT2D eigenvalue weighted by Crippen LogP contribution is -2.35. The van der Waals surface area contributed by atoms with E-state index in [1.54, 1.807) is 18.2 Å². The normalized spacial score (nSPS) is 15.3. The molecule has 0 saturated heterocycles. The van der Waals surface area contributed by atoms with Gasteiger partial charge >= 0.3 is 6.18 Å². The molecular weight excluding hydrogens is 435 g/mol. The number of benzene rings is 2. The molecule has 0 aromatic heterocycles. The fourth-order valence-electron chi connectivity index (χ4n) is 4.23. The molecule has 2 aliphatic rings. The predicted octanol–water partition coefficient (Wildman–Crippen LogP) is 7.90. The van der Waals surface area contributed by atoms with Crippen molar-refractivity contribution in [3.05, 3.63) is 58.7 Å². The molecule has 0 fully saturated rings. The number of halogens is 5. The Kier molecular flexibility index (Phi) is 9.56. The maximum atomic E-state index is 12.6. The minimum absolute atomic E-state index is 0.131. The standard InChI is InChI=1S/C13H17F2N.C11H12F3N.C2H6/c1-9(2)16-7-3-4-10-5-6-11(13(14)15)8-12(10)16;1-15-6-2-3-8-4-5-9(7-10(8)15)11(12,13)14;1-2/h5-6,8-9,13H,3-4,7H2,1-2H3;4-5,7H,2-3,6H2,1H3;1-2H3. The van der Waals surface area contributed by atoms with Crippen LogP contribution in [-0.4, -0.2) is 26.2 Å². The molecule has 0 unspecified atom stereocenters. The zero-order chi connectivity index (χ0) is 24.8. The molecule has 2 heterocycles. The van der Waals surface area contributed by atoms with Crippen molar-refractivity contribution in [3.63, 3.8) is 0 Å². The average Bonchev–Trinajstić information content (AvgIpc) is 2.79. The summed E-state index contributed by atoms with van der Waals surface area (Å²) in [6.07, 6.45) is -2.62. The third-order valence-corrected chi connectivity index (χ3v) is 5.90. The number of aryl methyl sites for hydroxylation is 2. The monoisotopic (exact) mass is 470 g/mol. The predicted molar refractivity (Wildman–Crippen MR) is 127 cm³/mol. The van der Waals surface area contributed by atoms with Crippen LogP contribution < -0.4 is 9.80 Å². The van der Waals surface area contributed by atoms with E-state index in [2.05, 4.69) is 18.7 Å². The molecule has 0 spiro atoms. The number of hydrogen-bond donors (Lipinski definition) is 0. The largest absolute Gasteiger partial charge is 0.416 e. The maximum Gasteiger partial charge on any atom is 0.416 e. The van der Waals surface area contributed by atoms with Gasteiger partial charge in [-0.25, -0.2) is 8.78 Å². The summed E-state index contributed by atoms with van der Waals surface area (Å²) in [6.45, 7) is 10.00. The second kappa shape index (κ2) is 11.7. The fourth-order valence-corrected chi connectivity index (χ4v) is 4.23. The van der Waals surface area contributed by atoms with E-state index in [-0.39, 0.29) is 5.56 Å². The van der Waals surface area contributed by atoms with Crippen molar-refractivity contribution in [2.75, 3.05) is 29.9 Å². The number of rotatable bonds is 2. The molecule has 7 heteroatoms. The fraction of sp³-hybridized carbons (Fsp3) is 0.538. The van der Waals surface area contributed by atoms with E-state index in [4.69, 9.17) is 0 Å². The first-order chi connectivity index (χ1) is 15.6. The highest BCUT2D eigenvalue weighted by molar-refractivity contribution is 5.58. The van der Waals surface area contributed by atoms with Gasteiger partial charge in [-0.2, -0.15) is 13.2 Å². The third kappa shape index (κ3) is 6.84. The first kappa shape index (κ1) is 26.9. The molecule has 0 amide bonds. The lowest BCUT2D eigenvalue weighted by atomic mass is 9.98. The summed E-state index contributed by atoms with van der Waals surface area (Å²) < 4.78 is 62.7. The number of fused-ring (bicyclic) bond motifs is 2. The van der Waals surface area contributed by atoms with Crippen molar-refractivity contribution in [2.24, 2.45) is 0 Å². The van der Waals surface area contributed by atoms with Gasteiger partial charge in [0.1, 0.15) is 0 Å². The van der Waals surface area contributed by atoms with Gasteiger partial charge < -0.3 is 9.80 Å². The summed E-state index contributed by atoms with van der Waals surface area (Å²) in [6, 6.07) is 9.42. The van der Waals surface area contributed by atoms with Crippen molar-refractivity contribution in [1.82, 2.24) is 0 Å². The van der Waals surface area contributed by atoms with Crippen molar-refractivity contribution in [2.45, 2.75) is 72.0 Å². The highest BCUT2D eigenvalue weighted by atomic mass is 19.4. The van der Waals surface area contributed by atoms with Crippen LogP contribution in [-0.2, 0) is 19.0 Å². The van der Waals surface area contributed by atoms with E-state index in [1.807, 2.05) is 31.9 Å². The van der Waals surface area contributed by atoms with E-state index >= 15 is 0 Å². The van der Waals surface area contributed by atoms with Gasteiger partial charge in [0.25, 0.3) is 6.43 Å². The Balaban J connectivity index is 0.000000218. The van der Waals surface area contributed by atoms with Crippen LogP contribution in [0.15, 0.2) is 36.4 Å². The molecular formula is C26H35F5N2. The molecule has 2 aromatic rings. The highest BCUT2D eigenvalue weighted by Gasteiger charge is 2.31. The van der Waals surface area contributed by atoms with Crippen LogP contribution in [0.4, 0.5) is 33.3 Å². The summed E-state index contributed by atoms with van der Waals surface area (Å²) in [5.41, 5.74) is 3.50. The van der Waals surface area contributed by atoms with Crippen LogP contribution in [0.25, 0.3) is 0 Å². The van der Waals surface area contributed by atoms with Crippen LogP contribution in [0.2, 0.25) is 0 Å². The van der Waals surface area contributed by atoms with Crippen molar-refractivity contribution < 1.29 is 22.0 Å². The molecule has 0 aliphatic carbocycles. The van der Waals surface area contributed by atoms with Crippen LogP contribution in [0, 0.1) is 0 Å². The number of hydrogen-bond acceptors (Lipinski definition) is 2. The first-order valence-corrected chi connectivity index (χ1v) is 11.7. The Morgan fingerprint density at radius 2 is 1.39 bits per heavy atom. The van der Waals surface area contributed by atoms with Gasteiger partial charge in [-0.05, 0) is 68.9 Å². The average molecular weight is 471 g/mol. The van der Waals surface area contributed by atoms with Crippen molar-refractivity contribution >= 4 is 11.4 Å². The lowest BCUT2D eigenvalue weighted by Gasteiger charge is -2.35. The minimum atomic E-state index is -4.24. The van der Waals surface area contributed by atoms with Crippen molar-refractivity contribution in [1.29, 1.82) is 0 Å². The molecule has 0 radical (unpaired) electrons. The van der Waals surface area contributed by atoms with Crippen molar-refractivity contribution in [3.8, 4) is 0 Å². The number of alkyl halides is 5. The van der Waals surface area contributed by atoms with Gasteiger partial charge in [0.2, 0.25) is 0 Å². The van der Waals surface area contributed by atoms with Gasteiger partial charge in [-0.1, -0.05) is 32.0 Å². The minimum Gasteiger partial charge on any atom is -0.374 e. The topological polar surface area (TPSA) is 6.48 Å². The SMILES string of the molecule is CC.CC(C)N1CCCc2ccc(C(F)F)cc21.CN1CCCc2ccc(C(F)(F)F)cc21. The summed E-state index contributed by atoms with van der Waals surface area (Å²) >= 11 is 0. The molecule has 0 atom stereocenters. The van der Waals surface area contributed by atoms with E-state index in [0.717, 1.165) is 61.8 Å². The van der Waals surface area contributed by atoms with Crippen LogP contribution >= 0.6 is 0 Å².